The van der Waals surface area contributed by atoms with Crippen LogP contribution in [0.5, 0.6) is 11.8 Å². The molecule has 8 nitrogen and oxygen atoms in total. The Morgan fingerprint density at radius 3 is 2.40 bits per heavy atom. The van der Waals surface area contributed by atoms with Gasteiger partial charge in [0.2, 0.25) is 23.6 Å². The molecule has 0 atom stereocenters. The molecule has 1 amide bonds. The van der Waals surface area contributed by atoms with Gasteiger partial charge in [-0.25, -0.2) is 0 Å². The minimum absolute atomic E-state index is 0.172. The van der Waals surface area contributed by atoms with E-state index in [1.165, 1.54) is 17.8 Å². The van der Waals surface area contributed by atoms with Crippen LogP contribution in [0.25, 0.3) is 0 Å². The van der Waals surface area contributed by atoms with Gasteiger partial charge in [0, 0.05) is 36.8 Å². The molecule has 0 aliphatic carbocycles. The zero-order valence-electron chi connectivity index (χ0n) is 17.7. The fraction of sp³-hybridized carbons (Fsp3) is 0.381. The molecule has 2 aromatic rings. The minimum atomic E-state index is -0.172. The number of nitrogens with one attached hydrogen (secondary N) is 1. The van der Waals surface area contributed by atoms with E-state index in [2.05, 4.69) is 32.1 Å². The largest absolute Gasteiger partial charge is 0.480 e. The molecule has 160 valence electrons. The second kappa shape index (κ2) is 10.3. The SMILES string of the molecule is C/C=C/C(=O)Nc1cccc(Sc2c(OC)nc(N3CCN(C)CC3)nc2OC)c1. The van der Waals surface area contributed by atoms with E-state index in [1.807, 2.05) is 24.3 Å². The van der Waals surface area contributed by atoms with Crippen molar-refractivity contribution in [1.29, 1.82) is 0 Å². The summed E-state index contributed by atoms with van der Waals surface area (Å²) in [5, 5.41) is 2.84. The molecule has 3 rings (SSSR count). The van der Waals surface area contributed by atoms with Crippen LogP contribution in [0.2, 0.25) is 0 Å². The summed E-state index contributed by atoms with van der Waals surface area (Å²) in [6, 6.07) is 7.56. The van der Waals surface area contributed by atoms with Crippen molar-refractivity contribution in [2.45, 2.75) is 16.7 Å². The molecule has 1 fully saturated rings. The van der Waals surface area contributed by atoms with Gasteiger partial charge in [0.15, 0.2) is 0 Å². The van der Waals surface area contributed by atoms with Crippen molar-refractivity contribution in [3.8, 4) is 11.8 Å². The molecule has 2 heterocycles. The molecule has 1 aromatic heterocycles. The Labute approximate surface area is 181 Å². The number of hydrogen-bond acceptors (Lipinski definition) is 8. The lowest BCUT2D eigenvalue weighted by Gasteiger charge is -2.32. The number of anilines is 2. The van der Waals surface area contributed by atoms with Gasteiger partial charge in [-0.15, -0.1) is 0 Å². The van der Waals surface area contributed by atoms with Crippen LogP contribution in [-0.2, 0) is 4.79 Å². The number of benzene rings is 1. The van der Waals surface area contributed by atoms with Gasteiger partial charge in [0.25, 0.3) is 0 Å². The van der Waals surface area contributed by atoms with Crippen molar-refractivity contribution in [1.82, 2.24) is 14.9 Å². The van der Waals surface area contributed by atoms with Gasteiger partial charge < -0.3 is 24.6 Å². The molecule has 1 aliphatic rings. The first-order valence-electron chi connectivity index (χ1n) is 9.69. The van der Waals surface area contributed by atoms with Crippen molar-refractivity contribution < 1.29 is 14.3 Å². The highest BCUT2D eigenvalue weighted by Gasteiger charge is 2.23. The molecular weight excluding hydrogens is 402 g/mol. The molecule has 30 heavy (non-hydrogen) atoms. The normalized spacial score (nSPS) is 14.7. The second-order valence-electron chi connectivity index (χ2n) is 6.78. The molecule has 1 saturated heterocycles. The van der Waals surface area contributed by atoms with Gasteiger partial charge in [-0.2, -0.15) is 9.97 Å². The van der Waals surface area contributed by atoms with Crippen LogP contribution in [0, 0.1) is 0 Å². The smallest absolute Gasteiger partial charge is 0.248 e. The standard InChI is InChI=1S/C21H27N5O3S/c1-5-7-17(27)22-15-8-6-9-16(14-15)30-18-19(28-3)23-21(24-20(18)29-4)26-12-10-25(2)11-13-26/h5-9,14H,10-13H2,1-4H3,(H,22,27)/b7-5+. The number of rotatable bonds is 7. The Kier molecular flexibility index (Phi) is 7.53. The molecule has 1 aromatic carbocycles. The van der Waals surface area contributed by atoms with Gasteiger partial charge in [-0.3, -0.25) is 4.79 Å². The summed E-state index contributed by atoms with van der Waals surface area (Å²) >= 11 is 1.43. The lowest BCUT2D eigenvalue weighted by Crippen LogP contribution is -2.45. The van der Waals surface area contributed by atoms with E-state index in [4.69, 9.17) is 9.47 Å². The van der Waals surface area contributed by atoms with Crippen molar-refractivity contribution >= 4 is 29.3 Å². The first kappa shape index (κ1) is 21.9. The molecule has 0 saturated carbocycles. The van der Waals surface area contributed by atoms with Gasteiger partial charge in [0.1, 0.15) is 4.90 Å². The number of ether oxygens (including phenoxy) is 2. The van der Waals surface area contributed by atoms with Gasteiger partial charge >= 0.3 is 0 Å². The Balaban J connectivity index is 1.86. The maximum Gasteiger partial charge on any atom is 0.248 e. The number of piperazine rings is 1. The Morgan fingerprint density at radius 2 is 1.80 bits per heavy atom. The summed E-state index contributed by atoms with van der Waals surface area (Å²) in [5.74, 6) is 1.36. The topological polar surface area (TPSA) is 79.8 Å². The first-order valence-corrected chi connectivity index (χ1v) is 10.5. The molecule has 0 unspecified atom stereocenters. The van der Waals surface area contributed by atoms with Crippen LogP contribution in [0.15, 0.2) is 46.2 Å². The van der Waals surface area contributed by atoms with Crippen LogP contribution in [0.4, 0.5) is 11.6 Å². The predicted octanol–water partition coefficient (Wildman–Crippen LogP) is 2.91. The molecule has 1 N–H and O–H groups in total. The van der Waals surface area contributed by atoms with Crippen LogP contribution in [0.1, 0.15) is 6.92 Å². The van der Waals surface area contributed by atoms with Gasteiger partial charge in [-0.1, -0.05) is 23.9 Å². The first-order chi connectivity index (χ1) is 14.5. The molecule has 0 spiro atoms. The highest BCUT2D eigenvalue weighted by molar-refractivity contribution is 7.99. The second-order valence-corrected chi connectivity index (χ2v) is 7.86. The summed E-state index contributed by atoms with van der Waals surface area (Å²) in [4.78, 5) is 27.1. The van der Waals surface area contributed by atoms with Crippen LogP contribution < -0.4 is 19.7 Å². The maximum absolute atomic E-state index is 11.8. The zero-order valence-corrected chi connectivity index (χ0v) is 18.5. The molecule has 0 bridgehead atoms. The molecule has 0 radical (unpaired) electrons. The third-order valence-electron chi connectivity index (χ3n) is 4.60. The number of allylic oxidation sites excluding steroid dienone is 1. The summed E-state index contributed by atoms with van der Waals surface area (Å²) in [6.07, 6.45) is 3.18. The summed E-state index contributed by atoms with van der Waals surface area (Å²) in [6.45, 7) is 5.41. The van der Waals surface area contributed by atoms with E-state index >= 15 is 0 Å². The van der Waals surface area contributed by atoms with Crippen LogP contribution >= 0.6 is 11.8 Å². The molecule has 9 heteroatoms. The summed E-state index contributed by atoms with van der Waals surface area (Å²) in [7, 11) is 5.29. The number of hydrogen-bond donors (Lipinski definition) is 1. The Bertz CT molecular complexity index is 888. The van der Waals surface area contributed by atoms with E-state index in [0.29, 0.717) is 28.3 Å². The van der Waals surface area contributed by atoms with Crippen molar-refractivity contribution in [3.05, 3.63) is 36.4 Å². The number of carbonyl (C=O) groups is 1. The number of carbonyl (C=O) groups excluding carboxylic acids is 1. The van der Waals surface area contributed by atoms with Crippen molar-refractivity contribution in [3.63, 3.8) is 0 Å². The van der Waals surface area contributed by atoms with Crippen LogP contribution in [-0.4, -0.2) is 68.2 Å². The number of nitrogens with zero attached hydrogens (tertiary/aromatic N) is 4. The van der Waals surface area contributed by atoms with E-state index in [1.54, 1.807) is 27.2 Å². The Morgan fingerprint density at radius 1 is 1.13 bits per heavy atom. The lowest BCUT2D eigenvalue weighted by molar-refractivity contribution is -0.111. The highest BCUT2D eigenvalue weighted by atomic mass is 32.2. The van der Waals surface area contributed by atoms with Crippen molar-refractivity contribution in [2.75, 3.05) is 57.7 Å². The zero-order chi connectivity index (χ0) is 21.5. The third kappa shape index (κ3) is 5.43. The highest BCUT2D eigenvalue weighted by Crippen LogP contribution is 2.41. The number of aromatic nitrogens is 2. The molecule has 1 aliphatic heterocycles. The Hall–Kier alpha value is -2.78. The van der Waals surface area contributed by atoms with E-state index in [0.717, 1.165) is 31.1 Å². The van der Waals surface area contributed by atoms with E-state index in [9.17, 15) is 4.79 Å². The van der Waals surface area contributed by atoms with E-state index in [-0.39, 0.29) is 5.91 Å². The number of amides is 1. The fourth-order valence-corrected chi connectivity index (χ4v) is 4.00. The van der Waals surface area contributed by atoms with Gasteiger partial charge in [-0.05, 0) is 38.2 Å². The summed E-state index contributed by atoms with van der Waals surface area (Å²) in [5.41, 5.74) is 0.705. The van der Waals surface area contributed by atoms with E-state index < -0.39 is 0 Å². The average Bonchev–Trinajstić information content (AvgIpc) is 2.74. The van der Waals surface area contributed by atoms with Crippen LogP contribution in [0.3, 0.4) is 0 Å². The number of methoxy groups -OCH3 is 2. The average molecular weight is 430 g/mol. The van der Waals surface area contributed by atoms with Crippen molar-refractivity contribution in [2.24, 2.45) is 0 Å². The summed E-state index contributed by atoms with van der Waals surface area (Å²) < 4.78 is 11.1. The monoisotopic (exact) mass is 429 g/mol. The number of likely N-dealkylation sites (N-methyl/N-ethyl adjacent to an activating group) is 1. The fourth-order valence-electron chi connectivity index (χ4n) is 3.00. The predicted molar refractivity (Wildman–Crippen MR) is 119 cm³/mol. The third-order valence-corrected chi connectivity index (χ3v) is 5.65. The van der Waals surface area contributed by atoms with Gasteiger partial charge in [0.05, 0.1) is 14.2 Å². The molecular formula is C21H27N5O3S. The lowest BCUT2D eigenvalue weighted by atomic mass is 10.3. The quantitative estimate of drug-likeness (QED) is 0.673. The maximum atomic E-state index is 11.8. The minimum Gasteiger partial charge on any atom is -0.480 e.